The normalized spacial score (nSPS) is 10.8. The Kier molecular flexibility index (Phi) is 4.39. The SMILES string of the molecule is FC(F)Sc1ccc(NCc2cccs2)cc1. The van der Waals surface area contributed by atoms with E-state index in [0.717, 1.165) is 12.2 Å². The molecule has 5 heteroatoms. The minimum atomic E-state index is -2.36. The number of thiophene rings is 1. The first-order chi connectivity index (χ1) is 8.24. The van der Waals surface area contributed by atoms with Crippen molar-refractivity contribution in [1.82, 2.24) is 0 Å². The van der Waals surface area contributed by atoms with Crippen LogP contribution in [0.1, 0.15) is 4.88 Å². The molecule has 1 nitrogen and oxygen atoms in total. The molecule has 1 heterocycles. The fraction of sp³-hybridized carbons (Fsp3) is 0.167. The first-order valence-electron chi connectivity index (χ1n) is 5.05. The molecule has 0 aliphatic carbocycles. The molecule has 0 saturated heterocycles. The molecular formula is C12H11F2NS2. The van der Waals surface area contributed by atoms with Crippen molar-refractivity contribution in [2.45, 2.75) is 17.2 Å². The van der Waals surface area contributed by atoms with Gasteiger partial charge in [0.15, 0.2) is 0 Å². The van der Waals surface area contributed by atoms with Crippen LogP contribution in [0.5, 0.6) is 0 Å². The summed E-state index contributed by atoms with van der Waals surface area (Å²) >= 11 is 2.25. The standard InChI is InChI=1S/C12H11F2NS2/c13-12(14)17-10-5-3-9(4-6-10)15-8-11-2-1-7-16-11/h1-7,12,15H,8H2. The summed E-state index contributed by atoms with van der Waals surface area (Å²) in [4.78, 5) is 1.83. The molecule has 0 unspecified atom stereocenters. The van der Waals surface area contributed by atoms with Crippen molar-refractivity contribution in [3.8, 4) is 0 Å². The third-order valence-electron chi connectivity index (χ3n) is 2.13. The second kappa shape index (κ2) is 6.02. The number of anilines is 1. The quantitative estimate of drug-likeness (QED) is 0.793. The predicted octanol–water partition coefficient (Wildman–Crippen LogP) is 4.67. The van der Waals surface area contributed by atoms with Gasteiger partial charge in [0.1, 0.15) is 0 Å². The zero-order valence-corrected chi connectivity index (χ0v) is 10.5. The maximum absolute atomic E-state index is 12.1. The van der Waals surface area contributed by atoms with Crippen molar-refractivity contribution in [2.75, 3.05) is 5.32 Å². The van der Waals surface area contributed by atoms with Crippen LogP contribution in [-0.2, 0) is 6.54 Å². The minimum absolute atomic E-state index is 0.564. The number of thioether (sulfide) groups is 1. The third kappa shape index (κ3) is 4.02. The topological polar surface area (TPSA) is 12.0 Å². The molecule has 17 heavy (non-hydrogen) atoms. The van der Waals surface area contributed by atoms with Crippen molar-refractivity contribution in [3.63, 3.8) is 0 Å². The first kappa shape index (κ1) is 12.4. The summed E-state index contributed by atoms with van der Waals surface area (Å²) in [6.45, 7) is 0.763. The van der Waals surface area contributed by atoms with E-state index in [9.17, 15) is 8.78 Å². The number of nitrogens with one attached hydrogen (secondary N) is 1. The van der Waals surface area contributed by atoms with Gasteiger partial charge in [-0.25, -0.2) is 0 Å². The van der Waals surface area contributed by atoms with Gasteiger partial charge in [-0.1, -0.05) is 17.8 Å². The van der Waals surface area contributed by atoms with Crippen LogP contribution in [0.15, 0.2) is 46.7 Å². The lowest BCUT2D eigenvalue weighted by atomic mass is 10.3. The Morgan fingerprint density at radius 1 is 1.18 bits per heavy atom. The summed E-state index contributed by atoms with van der Waals surface area (Å²) in [6, 6.07) is 11.1. The maximum atomic E-state index is 12.1. The smallest absolute Gasteiger partial charge is 0.288 e. The van der Waals surface area contributed by atoms with Crippen molar-refractivity contribution < 1.29 is 8.78 Å². The van der Waals surface area contributed by atoms with Gasteiger partial charge in [0.05, 0.1) is 0 Å². The summed E-state index contributed by atoms with van der Waals surface area (Å²) < 4.78 is 24.2. The fourth-order valence-electron chi connectivity index (χ4n) is 1.36. The van der Waals surface area contributed by atoms with Crippen LogP contribution < -0.4 is 5.32 Å². The van der Waals surface area contributed by atoms with E-state index in [1.807, 2.05) is 23.6 Å². The zero-order chi connectivity index (χ0) is 12.1. The molecule has 0 spiro atoms. The van der Waals surface area contributed by atoms with Crippen LogP contribution in [0.4, 0.5) is 14.5 Å². The first-order valence-corrected chi connectivity index (χ1v) is 6.81. The van der Waals surface area contributed by atoms with Gasteiger partial charge in [-0.05, 0) is 35.7 Å². The van der Waals surface area contributed by atoms with Crippen LogP contribution in [-0.4, -0.2) is 5.76 Å². The Bertz CT molecular complexity index is 440. The van der Waals surface area contributed by atoms with Crippen LogP contribution in [0.2, 0.25) is 0 Å². The van der Waals surface area contributed by atoms with Gasteiger partial charge < -0.3 is 5.32 Å². The number of alkyl halides is 2. The van der Waals surface area contributed by atoms with E-state index in [-0.39, 0.29) is 0 Å². The fourth-order valence-corrected chi connectivity index (χ4v) is 2.50. The van der Waals surface area contributed by atoms with Gasteiger partial charge in [-0.2, -0.15) is 8.78 Å². The predicted molar refractivity (Wildman–Crippen MR) is 69.9 cm³/mol. The lowest BCUT2D eigenvalue weighted by Gasteiger charge is -2.06. The van der Waals surface area contributed by atoms with E-state index in [1.165, 1.54) is 4.88 Å². The molecule has 0 bridgehead atoms. The van der Waals surface area contributed by atoms with Crippen LogP contribution >= 0.6 is 23.1 Å². The molecule has 90 valence electrons. The Hall–Kier alpha value is -1.07. The zero-order valence-electron chi connectivity index (χ0n) is 8.90. The van der Waals surface area contributed by atoms with Gasteiger partial charge in [0.25, 0.3) is 5.76 Å². The Morgan fingerprint density at radius 2 is 1.94 bits per heavy atom. The molecule has 0 atom stereocenters. The van der Waals surface area contributed by atoms with Gasteiger partial charge in [-0.3, -0.25) is 0 Å². The van der Waals surface area contributed by atoms with Crippen molar-refractivity contribution in [2.24, 2.45) is 0 Å². The molecule has 1 N–H and O–H groups in total. The number of benzene rings is 1. The molecule has 0 saturated carbocycles. The second-order valence-electron chi connectivity index (χ2n) is 3.34. The van der Waals surface area contributed by atoms with Gasteiger partial charge in [0, 0.05) is 22.0 Å². The molecular weight excluding hydrogens is 260 g/mol. The Labute approximate surface area is 107 Å². The molecule has 0 aliphatic heterocycles. The molecule has 1 aromatic heterocycles. The van der Waals surface area contributed by atoms with E-state index in [4.69, 9.17) is 0 Å². The van der Waals surface area contributed by atoms with Gasteiger partial charge >= 0.3 is 0 Å². The van der Waals surface area contributed by atoms with Gasteiger partial charge in [0.2, 0.25) is 0 Å². The maximum Gasteiger partial charge on any atom is 0.288 e. The molecule has 2 rings (SSSR count). The lowest BCUT2D eigenvalue weighted by Crippen LogP contribution is -1.96. The van der Waals surface area contributed by atoms with E-state index in [0.29, 0.717) is 16.7 Å². The average Bonchev–Trinajstić information content (AvgIpc) is 2.80. The largest absolute Gasteiger partial charge is 0.380 e. The third-order valence-corrected chi connectivity index (χ3v) is 3.73. The average molecular weight is 271 g/mol. The highest BCUT2D eigenvalue weighted by Crippen LogP contribution is 2.26. The van der Waals surface area contributed by atoms with Crippen LogP contribution in [0, 0.1) is 0 Å². The number of hydrogen-bond donors (Lipinski definition) is 1. The summed E-state index contributed by atoms with van der Waals surface area (Å²) in [5.74, 6) is -2.36. The highest BCUT2D eigenvalue weighted by atomic mass is 32.2. The van der Waals surface area contributed by atoms with E-state index in [1.54, 1.807) is 23.5 Å². The van der Waals surface area contributed by atoms with E-state index >= 15 is 0 Å². The highest BCUT2D eigenvalue weighted by molar-refractivity contribution is 7.99. The Morgan fingerprint density at radius 3 is 2.53 bits per heavy atom. The van der Waals surface area contributed by atoms with Gasteiger partial charge in [-0.15, -0.1) is 11.3 Å². The van der Waals surface area contributed by atoms with Crippen LogP contribution in [0.25, 0.3) is 0 Å². The summed E-state index contributed by atoms with van der Waals surface area (Å²) in [5, 5.41) is 5.27. The molecule has 0 aliphatic rings. The Balaban J connectivity index is 1.89. The number of halogens is 2. The number of rotatable bonds is 5. The molecule has 0 radical (unpaired) electrons. The summed E-state index contributed by atoms with van der Waals surface area (Å²) in [6.07, 6.45) is 0. The molecule has 0 fully saturated rings. The van der Waals surface area contributed by atoms with Crippen molar-refractivity contribution in [1.29, 1.82) is 0 Å². The van der Waals surface area contributed by atoms with E-state index in [2.05, 4.69) is 11.4 Å². The van der Waals surface area contributed by atoms with Crippen molar-refractivity contribution >= 4 is 28.8 Å². The minimum Gasteiger partial charge on any atom is -0.380 e. The number of hydrogen-bond acceptors (Lipinski definition) is 3. The monoisotopic (exact) mass is 271 g/mol. The highest BCUT2D eigenvalue weighted by Gasteiger charge is 2.04. The van der Waals surface area contributed by atoms with Crippen molar-refractivity contribution in [3.05, 3.63) is 46.7 Å². The molecule has 1 aromatic carbocycles. The lowest BCUT2D eigenvalue weighted by molar-refractivity contribution is 0.252. The summed E-state index contributed by atoms with van der Waals surface area (Å²) in [7, 11) is 0. The second-order valence-corrected chi connectivity index (χ2v) is 5.43. The van der Waals surface area contributed by atoms with E-state index < -0.39 is 5.76 Å². The summed E-state index contributed by atoms with van der Waals surface area (Å²) in [5.41, 5.74) is 0.942. The van der Waals surface area contributed by atoms with Crippen LogP contribution in [0.3, 0.4) is 0 Å². The molecule has 2 aromatic rings. The molecule has 0 amide bonds.